The maximum atomic E-state index is 13.5. The van der Waals surface area contributed by atoms with Crippen LogP contribution < -0.4 is 5.32 Å². The predicted molar refractivity (Wildman–Crippen MR) is 92.4 cm³/mol. The minimum atomic E-state index is -4.46. The summed E-state index contributed by atoms with van der Waals surface area (Å²) < 4.78 is 51.6. The molecule has 0 bridgehead atoms. The first-order valence-electron chi connectivity index (χ1n) is 8.19. The highest BCUT2D eigenvalue weighted by atomic mass is 19.4. The van der Waals surface area contributed by atoms with Crippen molar-refractivity contribution >= 4 is 12.1 Å². The third-order valence-electron chi connectivity index (χ3n) is 3.68. The van der Waals surface area contributed by atoms with Crippen LogP contribution in [-0.2, 0) is 22.4 Å². The molecule has 0 spiro atoms. The fourth-order valence-electron chi connectivity index (χ4n) is 2.21. The predicted octanol–water partition coefficient (Wildman–Crippen LogP) is 4.29. The summed E-state index contributed by atoms with van der Waals surface area (Å²) >= 11 is 0. The topological polar surface area (TPSA) is 50.7 Å². The molecule has 0 aliphatic heterocycles. The van der Waals surface area contributed by atoms with Crippen LogP contribution in [-0.4, -0.2) is 18.2 Å². The highest BCUT2D eigenvalue weighted by molar-refractivity contribution is 5.81. The van der Waals surface area contributed by atoms with Gasteiger partial charge in [-0.1, -0.05) is 42.4 Å². The van der Waals surface area contributed by atoms with Gasteiger partial charge in [-0.2, -0.15) is 13.2 Å². The second-order valence-corrected chi connectivity index (χ2v) is 5.67. The van der Waals surface area contributed by atoms with Crippen molar-refractivity contribution < 1.29 is 27.2 Å². The number of hydrogen-bond donors (Lipinski definition) is 1. The van der Waals surface area contributed by atoms with Gasteiger partial charge in [0, 0.05) is 12.1 Å². The van der Waals surface area contributed by atoms with E-state index in [1.165, 1.54) is 18.2 Å². The van der Waals surface area contributed by atoms with Crippen LogP contribution in [0.5, 0.6) is 0 Å². The van der Waals surface area contributed by atoms with E-state index in [0.717, 1.165) is 18.3 Å². The smallest absolute Gasteiger partial charge is 0.382 e. The molecule has 1 atom stereocenters. The normalized spacial score (nSPS) is 12.8. The van der Waals surface area contributed by atoms with E-state index in [1.807, 2.05) is 0 Å². The first-order chi connectivity index (χ1) is 12.8. The molecule has 0 saturated heterocycles. The summed E-state index contributed by atoms with van der Waals surface area (Å²) in [6, 6.07) is 10.6. The molecule has 1 unspecified atom stereocenters. The number of halogens is 4. The zero-order valence-corrected chi connectivity index (χ0v) is 14.5. The molecular weight excluding hydrogens is 364 g/mol. The maximum absolute atomic E-state index is 13.5. The highest BCUT2D eigenvalue weighted by Gasteiger charge is 2.30. The third-order valence-corrected chi connectivity index (χ3v) is 3.68. The fourth-order valence-corrected chi connectivity index (χ4v) is 2.21. The van der Waals surface area contributed by atoms with E-state index in [4.69, 9.17) is 4.84 Å². The Morgan fingerprint density at radius 1 is 1.22 bits per heavy atom. The van der Waals surface area contributed by atoms with Gasteiger partial charge in [0.15, 0.2) is 0 Å². The standard InChI is InChI=1S/C19H18F4N2O2/c1-2-17(18(26)24-12-14-7-3-4-9-16(14)20)27-25-11-13-6-5-8-15(10-13)19(21,22)23/h3-11,17H,2,12H2,1H3,(H,24,26)/b25-11-. The third kappa shape index (κ3) is 6.09. The largest absolute Gasteiger partial charge is 0.416 e. The molecule has 27 heavy (non-hydrogen) atoms. The van der Waals surface area contributed by atoms with Crippen LogP contribution in [0.25, 0.3) is 0 Å². The Hall–Kier alpha value is -2.90. The van der Waals surface area contributed by atoms with Crippen LogP contribution in [0.15, 0.2) is 53.7 Å². The Balaban J connectivity index is 1.93. The van der Waals surface area contributed by atoms with Gasteiger partial charge in [-0.25, -0.2) is 4.39 Å². The first-order valence-corrected chi connectivity index (χ1v) is 8.19. The molecule has 0 heterocycles. The lowest BCUT2D eigenvalue weighted by Gasteiger charge is -2.13. The number of carbonyl (C=O) groups excluding carboxylic acids is 1. The van der Waals surface area contributed by atoms with E-state index in [9.17, 15) is 22.4 Å². The molecule has 0 radical (unpaired) electrons. The van der Waals surface area contributed by atoms with Gasteiger partial charge in [0.1, 0.15) is 5.82 Å². The SMILES string of the molecule is CCC(O/N=C\c1cccc(C(F)(F)F)c1)C(=O)NCc1ccccc1F. The average molecular weight is 382 g/mol. The van der Waals surface area contributed by atoms with E-state index in [1.54, 1.807) is 25.1 Å². The number of rotatable bonds is 7. The molecule has 1 N–H and O–H groups in total. The number of hydrogen-bond acceptors (Lipinski definition) is 3. The van der Waals surface area contributed by atoms with Crippen molar-refractivity contribution in [3.8, 4) is 0 Å². The number of nitrogens with one attached hydrogen (secondary N) is 1. The van der Waals surface area contributed by atoms with Crippen molar-refractivity contribution in [2.45, 2.75) is 32.2 Å². The Bertz CT molecular complexity index is 806. The van der Waals surface area contributed by atoms with Crippen molar-refractivity contribution in [3.05, 3.63) is 71.0 Å². The summed E-state index contributed by atoms with van der Waals surface area (Å²) in [4.78, 5) is 17.2. The van der Waals surface area contributed by atoms with E-state index in [2.05, 4.69) is 10.5 Å². The molecule has 2 rings (SSSR count). The van der Waals surface area contributed by atoms with Gasteiger partial charge in [0.05, 0.1) is 11.8 Å². The lowest BCUT2D eigenvalue weighted by Crippen LogP contribution is -2.35. The van der Waals surface area contributed by atoms with Crippen molar-refractivity contribution in [2.75, 3.05) is 0 Å². The minimum Gasteiger partial charge on any atom is -0.382 e. The lowest BCUT2D eigenvalue weighted by molar-refractivity contribution is -0.137. The Labute approximate surface area is 153 Å². The quantitative estimate of drug-likeness (QED) is 0.441. The minimum absolute atomic E-state index is 0.0112. The van der Waals surface area contributed by atoms with Crippen molar-refractivity contribution in [2.24, 2.45) is 5.16 Å². The van der Waals surface area contributed by atoms with Crippen molar-refractivity contribution in [1.29, 1.82) is 0 Å². The van der Waals surface area contributed by atoms with Crippen LogP contribution in [0.2, 0.25) is 0 Å². The molecule has 0 saturated carbocycles. The maximum Gasteiger partial charge on any atom is 0.416 e. The summed E-state index contributed by atoms with van der Waals surface area (Å²) in [6.45, 7) is 1.68. The molecule has 0 aliphatic rings. The zero-order chi connectivity index (χ0) is 19.9. The van der Waals surface area contributed by atoms with E-state index < -0.39 is 29.6 Å². The Morgan fingerprint density at radius 2 is 1.96 bits per heavy atom. The monoisotopic (exact) mass is 382 g/mol. The lowest BCUT2D eigenvalue weighted by atomic mass is 10.1. The summed E-state index contributed by atoms with van der Waals surface area (Å²) in [5, 5.41) is 6.14. The summed E-state index contributed by atoms with van der Waals surface area (Å²) in [7, 11) is 0. The van der Waals surface area contributed by atoms with Gasteiger partial charge >= 0.3 is 6.18 Å². The van der Waals surface area contributed by atoms with Crippen LogP contribution in [0.4, 0.5) is 17.6 Å². The van der Waals surface area contributed by atoms with Crippen LogP contribution in [0, 0.1) is 5.82 Å². The molecule has 144 valence electrons. The Kier molecular flexibility index (Phi) is 6.92. The summed E-state index contributed by atoms with van der Waals surface area (Å²) in [6.07, 6.45) is -4.02. The zero-order valence-electron chi connectivity index (χ0n) is 14.5. The molecule has 2 aromatic carbocycles. The van der Waals surface area contributed by atoms with Crippen LogP contribution in [0.1, 0.15) is 30.0 Å². The Morgan fingerprint density at radius 3 is 2.63 bits per heavy atom. The second-order valence-electron chi connectivity index (χ2n) is 5.67. The van der Waals surface area contributed by atoms with Gasteiger partial charge in [-0.05, 0) is 30.2 Å². The van der Waals surface area contributed by atoms with Crippen LogP contribution in [0.3, 0.4) is 0 Å². The van der Waals surface area contributed by atoms with Gasteiger partial charge in [0.2, 0.25) is 6.10 Å². The van der Waals surface area contributed by atoms with E-state index >= 15 is 0 Å². The van der Waals surface area contributed by atoms with E-state index in [0.29, 0.717) is 5.56 Å². The fraction of sp³-hybridized carbons (Fsp3) is 0.263. The van der Waals surface area contributed by atoms with Gasteiger partial charge in [0.25, 0.3) is 5.91 Å². The summed E-state index contributed by atoms with van der Waals surface area (Å²) in [5.41, 5.74) is -0.291. The van der Waals surface area contributed by atoms with Crippen molar-refractivity contribution in [3.63, 3.8) is 0 Å². The molecule has 0 aromatic heterocycles. The van der Waals surface area contributed by atoms with Crippen LogP contribution >= 0.6 is 0 Å². The number of amides is 1. The number of benzene rings is 2. The molecule has 0 aliphatic carbocycles. The number of carbonyl (C=O) groups is 1. The molecule has 2 aromatic rings. The number of nitrogens with zero attached hydrogens (tertiary/aromatic N) is 1. The molecule has 4 nitrogen and oxygen atoms in total. The molecular formula is C19H18F4N2O2. The summed E-state index contributed by atoms with van der Waals surface area (Å²) in [5.74, 6) is -0.934. The highest BCUT2D eigenvalue weighted by Crippen LogP contribution is 2.29. The second kappa shape index (κ2) is 9.16. The number of alkyl halides is 3. The van der Waals surface area contributed by atoms with Gasteiger partial charge < -0.3 is 10.2 Å². The molecule has 1 amide bonds. The van der Waals surface area contributed by atoms with Gasteiger partial charge in [-0.15, -0.1) is 0 Å². The average Bonchev–Trinajstić information content (AvgIpc) is 2.64. The molecule has 8 heteroatoms. The van der Waals surface area contributed by atoms with Gasteiger partial charge in [-0.3, -0.25) is 4.79 Å². The molecule has 0 fully saturated rings. The first kappa shape index (κ1) is 20.4. The van der Waals surface area contributed by atoms with Crippen molar-refractivity contribution in [1.82, 2.24) is 5.32 Å². The van der Waals surface area contributed by atoms with E-state index in [-0.39, 0.29) is 18.5 Å². The number of oxime groups is 1.